The minimum Gasteiger partial charge on any atom is -0.370 e. The lowest BCUT2D eigenvalue weighted by Crippen LogP contribution is -2.35. The van der Waals surface area contributed by atoms with Crippen molar-refractivity contribution in [2.75, 3.05) is 11.9 Å². The molecule has 5 nitrogen and oxygen atoms in total. The molecule has 2 aromatic carbocycles. The molecule has 0 bridgehead atoms. The first-order valence-electron chi connectivity index (χ1n) is 10.1. The monoisotopic (exact) mass is 442 g/mol. The van der Waals surface area contributed by atoms with Crippen LogP contribution in [-0.4, -0.2) is 22.6 Å². The lowest BCUT2D eigenvalue weighted by atomic mass is 10.1. The molecule has 4 aromatic rings. The van der Waals surface area contributed by atoms with Crippen molar-refractivity contribution in [2.24, 2.45) is 0 Å². The number of benzene rings is 2. The third-order valence-electron chi connectivity index (χ3n) is 5.20. The maximum absolute atomic E-state index is 12.3. The van der Waals surface area contributed by atoms with Gasteiger partial charge in [-0.2, -0.15) is 0 Å². The van der Waals surface area contributed by atoms with Crippen molar-refractivity contribution in [3.05, 3.63) is 74.5 Å². The Bertz CT molecular complexity index is 1230. The molecule has 0 saturated heterocycles. The summed E-state index contributed by atoms with van der Waals surface area (Å²) in [5.74, 6) is 0.730. The van der Waals surface area contributed by atoms with E-state index in [1.807, 2.05) is 30.3 Å². The maximum atomic E-state index is 12.3. The van der Waals surface area contributed by atoms with E-state index in [0.29, 0.717) is 28.5 Å². The second-order valence-corrected chi connectivity index (χ2v) is 8.33. The molecule has 4 rings (SSSR count). The van der Waals surface area contributed by atoms with E-state index in [-0.39, 0.29) is 11.5 Å². The number of H-pyrrole nitrogens is 2. The highest BCUT2D eigenvalue weighted by Crippen LogP contribution is 2.28. The smallest absolute Gasteiger partial charge is 0.191 e. The molecule has 0 saturated carbocycles. The number of hydrogen-bond donors (Lipinski definition) is 4. The molecule has 2 aromatic heterocycles. The second kappa shape index (κ2) is 9.13. The molecular weight excluding hydrogens is 419 g/mol. The molecule has 1 atom stereocenters. The first-order chi connectivity index (χ1) is 14.5. The third kappa shape index (κ3) is 4.64. The van der Waals surface area contributed by atoms with E-state index < -0.39 is 0 Å². The minimum atomic E-state index is 0.0143. The van der Waals surface area contributed by atoms with Crippen LogP contribution in [-0.2, 0) is 6.54 Å². The molecule has 0 aliphatic rings. The summed E-state index contributed by atoms with van der Waals surface area (Å²) in [6.45, 7) is 3.55. The lowest BCUT2D eigenvalue weighted by Gasteiger charge is -2.19. The van der Waals surface area contributed by atoms with Crippen LogP contribution in [0.2, 0.25) is 10.0 Å². The Labute approximate surface area is 184 Å². The van der Waals surface area contributed by atoms with Crippen LogP contribution in [0.25, 0.3) is 21.8 Å². The summed E-state index contributed by atoms with van der Waals surface area (Å²) in [6, 6.07) is 15.1. The highest BCUT2D eigenvalue weighted by molar-refractivity contribution is 6.38. The number of halogens is 2. The number of aromatic nitrogens is 2. The number of pyridine rings is 1. The summed E-state index contributed by atoms with van der Waals surface area (Å²) in [6.07, 6.45) is 2.07. The molecule has 7 heteroatoms. The predicted octanol–water partition coefficient (Wildman–Crippen LogP) is 5.69. The van der Waals surface area contributed by atoms with Crippen LogP contribution < -0.4 is 16.1 Å². The Morgan fingerprint density at radius 3 is 2.67 bits per heavy atom. The fraction of sp³-hybridized carbons (Fsp3) is 0.261. The van der Waals surface area contributed by atoms with Crippen molar-refractivity contribution >= 4 is 50.8 Å². The molecule has 0 amide bonds. The Kier molecular flexibility index (Phi) is 6.32. The minimum absolute atomic E-state index is 0.0143. The number of rotatable bonds is 8. The van der Waals surface area contributed by atoms with Gasteiger partial charge in [0.1, 0.15) is 5.82 Å². The predicted molar refractivity (Wildman–Crippen MR) is 127 cm³/mol. The Morgan fingerprint density at radius 1 is 1.00 bits per heavy atom. The second-order valence-electron chi connectivity index (χ2n) is 7.48. The van der Waals surface area contributed by atoms with Crippen LogP contribution in [0.15, 0.2) is 53.3 Å². The van der Waals surface area contributed by atoms with E-state index in [2.05, 4.69) is 33.6 Å². The Balaban J connectivity index is 1.43. The van der Waals surface area contributed by atoms with Gasteiger partial charge in [0.25, 0.3) is 0 Å². The molecule has 0 spiro atoms. The van der Waals surface area contributed by atoms with Crippen LogP contribution in [0, 0.1) is 0 Å². The van der Waals surface area contributed by atoms with Gasteiger partial charge >= 0.3 is 0 Å². The van der Waals surface area contributed by atoms with Crippen LogP contribution >= 0.6 is 23.2 Å². The van der Waals surface area contributed by atoms with Gasteiger partial charge in [-0.25, -0.2) is 0 Å². The van der Waals surface area contributed by atoms with Gasteiger partial charge < -0.3 is 20.6 Å². The van der Waals surface area contributed by atoms with Crippen molar-refractivity contribution < 1.29 is 0 Å². The fourth-order valence-electron chi connectivity index (χ4n) is 3.72. The molecule has 0 fully saturated rings. The van der Waals surface area contributed by atoms with Crippen LogP contribution in [0.4, 0.5) is 5.82 Å². The molecule has 0 radical (unpaired) electrons. The van der Waals surface area contributed by atoms with Gasteiger partial charge in [-0.1, -0.05) is 48.7 Å². The summed E-state index contributed by atoms with van der Waals surface area (Å²) in [5, 5.41) is 9.90. The lowest BCUT2D eigenvalue weighted by molar-refractivity contribution is 0.489. The van der Waals surface area contributed by atoms with Gasteiger partial charge in [-0.15, -0.1) is 0 Å². The summed E-state index contributed by atoms with van der Waals surface area (Å²) < 4.78 is 0. The SMILES string of the molecule is CCCC(CNc1cc(=O)c2ccccc2[nH]1)NCc1cc2c(Cl)cc(Cl)cc2[nH]1. The number of fused-ring (bicyclic) bond motifs is 2. The molecule has 30 heavy (non-hydrogen) atoms. The zero-order valence-corrected chi connectivity index (χ0v) is 18.2. The van der Waals surface area contributed by atoms with E-state index in [1.165, 1.54) is 0 Å². The molecular formula is C23H24Cl2N4O. The quantitative estimate of drug-likeness (QED) is 0.283. The number of hydrogen-bond acceptors (Lipinski definition) is 3. The topological polar surface area (TPSA) is 72.7 Å². The normalized spacial score (nSPS) is 12.5. The first kappa shape index (κ1) is 20.8. The molecule has 1 unspecified atom stereocenters. The van der Waals surface area contributed by atoms with Gasteiger partial charge in [0.05, 0.1) is 10.5 Å². The third-order valence-corrected chi connectivity index (χ3v) is 5.73. The van der Waals surface area contributed by atoms with Crippen molar-refractivity contribution in [3.63, 3.8) is 0 Å². The van der Waals surface area contributed by atoms with E-state index in [4.69, 9.17) is 23.2 Å². The van der Waals surface area contributed by atoms with E-state index in [1.54, 1.807) is 12.1 Å². The van der Waals surface area contributed by atoms with E-state index in [0.717, 1.165) is 40.8 Å². The number of nitrogens with one attached hydrogen (secondary N) is 4. The van der Waals surface area contributed by atoms with Crippen molar-refractivity contribution in [1.29, 1.82) is 0 Å². The summed E-state index contributed by atoms with van der Waals surface area (Å²) in [5.41, 5.74) is 2.83. The number of para-hydroxylation sites is 1. The zero-order valence-electron chi connectivity index (χ0n) is 16.7. The van der Waals surface area contributed by atoms with Crippen LogP contribution in [0.3, 0.4) is 0 Å². The average molecular weight is 443 g/mol. The largest absolute Gasteiger partial charge is 0.370 e. The molecule has 0 aliphatic carbocycles. The number of anilines is 1. The zero-order chi connectivity index (χ0) is 21.1. The van der Waals surface area contributed by atoms with E-state index in [9.17, 15) is 4.79 Å². The van der Waals surface area contributed by atoms with Gasteiger partial charge in [-0.3, -0.25) is 4.79 Å². The maximum Gasteiger partial charge on any atom is 0.191 e. The fourth-order valence-corrected chi connectivity index (χ4v) is 4.27. The summed E-state index contributed by atoms with van der Waals surface area (Å²) >= 11 is 12.4. The Hall–Kier alpha value is -2.47. The number of aromatic amines is 2. The highest BCUT2D eigenvalue weighted by Gasteiger charge is 2.11. The molecule has 0 aliphatic heterocycles. The van der Waals surface area contributed by atoms with E-state index >= 15 is 0 Å². The molecule has 2 heterocycles. The molecule has 4 N–H and O–H groups in total. The Morgan fingerprint density at radius 2 is 1.83 bits per heavy atom. The molecule has 156 valence electrons. The van der Waals surface area contributed by atoms with Crippen molar-refractivity contribution in [3.8, 4) is 0 Å². The van der Waals surface area contributed by atoms with Crippen LogP contribution in [0.5, 0.6) is 0 Å². The van der Waals surface area contributed by atoms with Crippen LogP contribution in [0.1, 0.15) is 25.5 Å². The standard InChI is InChI=1S/C23H24Cl2N4O/c1-2-5-15(12-27-23-11-22(30)17-6-3-4-7-20(17)29-23)26-13-16-10-18-19(25)8-14(24)9-21(18)28-16/h3-4,6-11,15,26,28H,2,5,12-13H2,1H3,(H2,27,29,30). The summed E-state index contributed by atoms with van der Waals surface area (Å²) in [7, 11) is 0. The van der Waals surface area contributed by atoms with Crippen molar-refractivity contribution in [1.82, 2.24) is 15.3 Å². The van der Waals surface area contributed by atoms with Gasteiger partial charge in [0.15, 0.2) is 5.43 Å². The van der Waals surface area contributed by atoms with Crippen molar-refractivity contribution in [2.45, 2.75) is 32.4 Å². The first-order valence-corrected chi connectivity index (χ1v) is 10.8. The average Bonchev–Trinajstić information content (AvgIpc) is 3.13. The van der Waals surface area contributed by atoms with Gasteiger partial charge in [0.2, 0.25) is 0 Å². The van der Waals surface area contributed by atoms with Gasteiger partial charge in [-0.05, 0) is 36.8 Å². The summed E-state index contributed by atoms with van der Waals surface area (Å²) in [4.78, 5) is 19.0. The highest BCUT2D eigenvalue weighted by atomic mass is 35.5. The van der Waals surface area contributed by atoms with Gasteiger partial charge in [0, 0.05) is 52.2 Å².